The Bertz CT molecular complexity index is 514. The second-order valence-electron chi connectivity index (χ2n) is 3.81. The van der Waals surface area contributed by atoms with E-state index in [9.17, 15) is 0 Å². The summed E-state index contributed by atoms with van der Waals surface area (Å²) in [5.41, 5.74) is -0.406. The van der Waals surface area contributed by atoms with Gasteiger partial charge in [-0.15, -0.1) is 21.5 Å². The molecule has 90 valence electrons. The van der Waals surface area contributed by atoms with E-state index >= 15 is 0 Å². The van der Waals surface area contributed by atoms with Gasteiger partial charge in [0.1, 0.15) is 5.01 Å². The number of nitrogens with zero attached hydrogens (tertiary/aromatic N) is 4. The van der Waals surface area contributed by atoms with Crippen LogP contribution in [0.25, 0.3) is 0 Å². The van der Waals surface area contributed by atoms with Crippen molar-refractivity contribution in [2.24, 2.45) is 0 Å². The molecule has 2 aromatic rings. The van der Waals surface area contributed by atoms with E-state index in [-0.39, 0.29) is 10.4 Å². The van der Waals surface area contributed by atoms with Crippen LogP contribution in [0.2, 0.25) is 10.4 Å². The van der Waals surface area contributed by atoms with Gasteiger partial charge in [0.2, 0.25) is 5.28 Å². The van der Waals surface area contributed by atoms with Crippen molar-refractivity contribution in [2.75, 3.05) is 5.32 Å². The predicted molar refractivity (Wildman–Crippen MR) is 68.6 cm³/mol. The topological polar surface area (TPSA) is 63.6 Å². The Kier molecular flexibility index (Phi) is 3.46. The van der Waals surface area contributed by atoms with E-state index in [0.717, 1.165) is 5.01 Å². The molecule has 0 aliphatic carbocycles. The zero-order valence-electron chi connectivity index (χ0n) is 9.11. The van der Waals surface area contributed by atoms with Crippen molar-refractivity contribution in [1.82, 2.24) is 20.2 Å². The smallest absolute Gasteiger partial charge is 0.245 e. The molecule has 2 aromatic heterocycles. The number of halogens is 2. The molecule has 0 fully saturated rings. The van der Waals surface area contributed by atoms with E-state index in [0.29, 0.717) is 5.82 Å². The first-order valence-electron chi connectivity index (χ1n) is 4.73. The maximum Gasteiger partial charge on any atom is 0.245 e. The van der Waals surface area contributed by atoms with Crippen LogP contribution in [0.1, 0.15) is 18.9 Å². The minimum atomic E-state index is -0.406. The lowest BCUT2D eigenvalue weighted by Gasteiger charge is -2.24. The molecule has 0 spiro atoms. The number of anilines is 1. The summed E-state index contributed by atoms with van der Waals surface area (Å²) in [5, 5.41) is 13.4. The van der Waals surface area contributed by atoms with Crippen LogP contribution < -0.4 is 5.32 Å². The third-order valence-electron chi connectivity index (χ3n) is 2.02. The zero-order valence-corrected chi connectivity index (χ0v) is 11.4. The highest BCUT2D eigenvalue weighted by atomic mass is 35.5. The number of hydrogen-bond acceptors (Lipinski definition) is 6. The summed E-state index contributed by atoms with van der Waals surface area (Å²) in [6.07, 6.45) is 1.75. The van der Waals surface area contributed by atoms with Gasteiger partial charge in [-0.3, -0.25) is 0 Å². The Hall–Kier alpha value is -0.980. The van der Waals surface area contributed by atoms with Gasteiger partial charge in [-0.05, 0) is 25.4 Å². The first-order valence-corrected chi connectivity index (χ1v) is 6.36. The van der Waals surface area contributed by atoms with E-state index in [1.165, 1.54) is 0 Å². The van der Waals surface area contributed by atoms with Gasteiger partial charge in [0, 0.05) is 11.6 Å². The minimum absolute atomic E-state index is 0.0480. The third kappa shape index (κ3) is 2.83. The van der Waals surface area contributed by atoms with Crippen LogP contribution in [0, 0.1) is 0 Å². The van der Waals surface area contributed by atoms with Gasteiger partial charge in [0.25, 0.3) is 0 Å². The molecule has 0 aromatic carbocycles. The molecule has 0 bridgehead atoms. The zero-order chi connectivity index (χ0) is 12.5. The SMILES string of the molecule is CC(C)(Nc1nc(Cl)nnc1Cl)c1nccs1. The molecular weight excluding hydrogens is 281 g/mol. The fraction of sp³-hybridized carbons (Fsp3) is 0.333. The number of rotatable bonds is 3. The lowest BCUT2D eigenvalue weighted by Crippen LogP contribution is -2.28. The van der Waals surface area contributed by atoms with Gasteiger partial charge in [0.05, 0.1) is 5.54 Å². The maximum atomic E-state index is 5.89. The fourth-order valence-corrected chi connectivity index (χ4v) is 2.22. The van der Waals surface area contributed by atoms with E-state index in [4.69, 9.17) is 23.2 Å². The van der Waals surface area contributed by atoms with Gasteiger partial charge < -0.3 is 5.32 Å². The molecule has 2 rings (SSSR count). The Balaban J connectivity index is 2.29. The Morgan fingerprint density at radius 2 is 2.06 bits per heavy atom. The quantitative estimate of drug-likeness (QED) is 0.941. The molecule has 0 saturated carbocycles. The first kappa shape index (κ1) is 12.5. The summed E-state index contributed by atoms with van der Waals surface area (Å²) >= 11 is 13.1. The largest absolute Gasteiger partial charge is 0.356 e. The van der Waals surface area contributed by atoms with Crippen LogP contribution in [0.4, 0.5) is 5.82 Å². The lowest BCUT2D eigenvalue weighted by atomic mass is 10.1. The number of hydrogen-bond donors (Lipinski definition) is 1. The monoisotopic (exact) mass is 289 g/mol. The van der Waals surface area contributed by atoms with Gasteiger partial charge in [-0.1, -0.05) is 11.6 Å². The molecule has 0 unspecified atom stereocenters. The van der Waals surface area contributed by atoms with Gasteiger partial charge in [0.15, 0.2) is 11.0 Å². The van der Waals surface area contributed by atoms with Gasteiger partial charge in [-0.2, -0.15) is 4.98 Å². The molecule has 2 heterocycles. The van der Waals surface area contributed by atoms with Crippen LogP contribution >= 0.6 is 34.5 Å². The summed E-state index contributed by atoms with van der Waals surface area (Å²) in [4.78, 5) is 8.25. The molecule has 5 nitrogen and oxygen atoms in total. The molecule has 0 amide bonds. The normalized spacial score (nSPS) is 11.5. The molecule has 0 aliphatic rings. The highest BCUT2D eigenvalue weighted by Crippen LogP contribution is 2.28. The fourth-order valence-electron chi connectivity index (χ4n) is 1.25. The Morgan fingerprint density at radius 3 is 2.71 bits per heavy atom. The maximum absolute atomic E-state index is 5.89. The van der Waals surface area contributed by atoms with Crippen molar-refractivity contribution in [3.8, 4) is 0 Å². The van der Waals surface area contributed by atoms with Gasteiger partial charge in [-0.25, -0.2) is 4.98 Å². The van der Waals surface area contributed by atoms with Crippen LogP contribution in [0.3, 0.4) is 0 Å². The Labute approximate surface area is 112 Å². The van der Waals surface area contributed by atoms with Crippen LogP contribution in [-0.4, -0.2) is 20.2 Å². The Morgan fingerprint density at radius 1 is 1.29 bits per heavy atom. The molecule has 17 heavy (non-hydrogen) atoms. The summed E-state index contributed by atoms with van der Waals surface area (Å²) < 4.78 is 0. The highest BCUT2D eigenvalue weighted by molar-refractivity contribution is 7.09. The van der Waals surface area contributed by atoms with Crippen molar-refractivity contribution in [3.63, 3.8) is 0 Å². The van der Waals surface area contributed by atoms with Crippen LogP contribution in [0.15, 0.2) is 11.6 Å². The summed E-state index contributed by atoms with van der Waals surface area (Å²) in [7, 11) is 0. The van der Waals surface area contributed by atoms with E-state index in [1.807, 2.05) is 19.2 Å². The predicted octanol–water partition coefficient (Wildman–Crippen LogP) is 2.98. The molecular formula is C9H9Cl2N5S. The van der Waals surface area contributed by atoms with Crippen molar-refractivity contribution in [3.05, 3.63) is 27.0 Å². The first-order chi connectivity index (χ1) is 7.99. The van der Waals surface area contributed by atoms with Crippen molar-refractivity contribution in [2.45, 2.75) is 19.4 Å². The molecule has 0 radical (unpaired) electrons. The third-order valence-corrected chi connectivity index (χ3v) is 3.53. The second-order valence-corrected chi connectivity index (χ2v) is 5.40. The number of nitrogens with one attached hydrogen (secondary N) is 1. The highest BCUT2D eigenvalue weighted by Gasteiger charge is 2.25. The van der Waals surface area contributed by atoms with E-state index in [1.54, 1.807) is 17.5 Å². The molecule has 0 atom stereocenters. The number of aromatic nitrogens is 4. The van der Waals surface area contributed by atoms with E-state index < -0.39 is 5.54 Å². The summed E-state index contributed by atoms with van der Waals surface area (Å²) in [5.74, 6) is 0.395. The van der Waals surface area contributed by atoms with Gasteiger partial charge >= 0.3 is 0 Å². The average Bonchev–Trinajstić information content (AvgIpc) is 2.77. The second kappa shape index (κ2) is 4.72. The summed E-state index contributed by atoms with van der Waals surface area (Å²) in [6.45, 7) is 3.94. The van der Waals surface area contributed by atoms with E-state index in [2.05, 4.69) is 25.5 Å². The van der Waals surface area contributed by atoms with Crippen LogP contribution in [-0.2, 0) is 5.54 Å². The minimum Gasteiger partial charge on any atom is -0.356 e. The molecule has 0 aliphatic heterocycles. The van der Waals surface area contributed by atoms with Crippen molar-refractivity contribution < 1.29 is 0 Å². The number of thiazole rings is 1. The standard InChI is InChI=1S/C9H9Cl2N5S/c1-9(2,7-12-3-4-17-7)14-6-5(10)15-16-8(11)13-6/h3-4H,1-2H3,(H,13,14,16). The van der Waals surface area contributed by atoms with Crippen LogP contribution in [0.5, 0.6) is 0 Å². The van der Waals surface area contributed by atoms with Crippen molar-refractivity contribution in [1.29, 1.82) is 0 Å². The molecule has 0 saturated heterocycles. The molecule has 8 heteroatoms. The summed E-state index contributed by atoms with van der Waals surface area (Å²) in [6, 6.07) is 0. The van der Waals surface area contributed by atoms with Crippen molar-refractivity contribution >= 4 is 40.4 Å². The average molecular weight is 290 g/mol. The molecule has 1 N–H and O–H groups in total. The lowest BCUT2D eigenvalue weighted by molar-refractivity contribution is 0.599.